The van der Waals surface area contributed by atoms with Crippen molar-refractivity contribution in [1.82, 2.24) is 9.78 Å². The molecule has 0 aliphatic heterocycles. The van der Waals surface area contributed by atoms with E-state index in [1.807, 2.05) is 0 Å². The van der Waals surface area contributed by atoms with E-state index >= 15 is 0 Å². The number of carbonyl (C=O) groups excluding carboxylic acids is 1. The molecule has 0 amide bonds. The number of nitro groups is 1. The second-order valence-electron chi connectivity index (χ2n) is 2.25. The van der Waals surface area contributed by atoms with Gasteiger partial charge in [0.25, 0.3) is 5.24 Å². The van der Waals surface area contributed by atoms with Crippen molar-refractivity contribution < 1.29 is 9.72 Å². The molecule has 0 radical (unpaired) electrons. The molecular weight excluding hydrogens is 198 g/mol. The Kier molecular flexibility index (Phi) is 2.62. The molecule has 0 spiro atoms. The van der Waals surface area contributed by atoms with Gasteiger partial charge in [-0.1, -0.05) is 0 Å². The van der Waals surface area contributed by atoms with Gasteiger partial charge in [-0.3, -0.25) is 19.6 Å². The first kappa shape index (κ1) is 9.66. The van der Waals surface area contributed by atoms with Gasteiger partial charge < -0.3 is 0 Å². The third-order valence-electron chi connectivity index (χ3n) is 1.45. The number of rotatable bonds is 3. The molecule has 7 heteroatoms. The monoisotopic (exact) mass is 203 g/mol. The fourth-order valence-corrected chi connectivity index (χ4v) is 0.981. The summed E-state index contributed by atoms with van der Waals surface area (Å²) < 4.78 is 1.29. The fourth-order valence-electron chi connectivity index (χ4n) is 0.846. The predicted octanol–water partition coefficient (Wildman–Crippen LogP) is 1.19. The largest absolute Gasteiger partial charge is 0.319 e. The molecule has 0 aliphatic carbocycles. The average Bonchev–Trinajstić information content (AvgIpc) is 2.47. The highest BCUT2D eigenvalue weighted by atomic mass is 35.5. The lowest BCUT2D eigenvalue weighted by Gasteiger charge is -1.88. The molecule has 0 aromatic carbocycles. The number of carbonyl (C=O) groups is 1. The van der Waals surface area contributed by atoms with Crippen LogP contribution >= 0.6 is 11.6 Å². The lowest BCUT2D eigenvalue weighted by molar-refractivity contribution is -0.385. The Morgan fingerprint density at radius 3 is 2.77 bits per heavy atom. The van der Waals surface area contributed by atoms with Crippen molar-refractivity contribution in [1.29, 1.82) is 0 Å². The van der Waals surface area contributed by atoms with E-state index in [4.69, 9.17) is 11.6 Å². The maximum atomic E-state index is 10.7. The molecule has 0 atom stereocenters. The third-order valence-corrected chi connectivity index (χ3v) is 1.63. The Morgan fingerprint density at radius 1 is 1.85 bits per heavy atom. The van der Waals surface area contributed by atoms with Gasteiger partial charge in [0.1, 0.15) is 6.20 Å². The Morgan fingerprint density at radius 2 is 2.46 bits per heavy atom. The second-order valence-corrected chi connectivity index (χ2v) is 2.59. The zero-order valence-corrected chi connectivity index (χ0v) is 7.48. The highest BCUT2D eigenvalue weighted by Crippen LogP contribution is 2.18. The number of aromatic nitrogens is 2. The van der Waals surface area contributed by atoms with Gasteiger partial charge in [-0.05, 0) is 18.5 Å². The molecule has 0 fully saturated rings. The van der Waals surface area contributed by atoms with Crippen molar-refractivity contribution in [2.24, 2.45) is 0 Å². The molecule has 6 nitrogen and oxygen atoms in total. The molecule has 70 valence electrons. The van der Waals surface area contributed by atoms with E-state index < -0.39 is 10.2 Å². The molecule has 0 aliphatic rings. The van der Waals surface area contributed by atoms with Crippen LogP contribution in [0.1, 0.15) is 17.4 Å². The van der Waals surface area contributed by atoms with Crippen LogP contribution in [0.2, 0.25) is 0 Å². The predicted molar refractivity (Wildman–Crippen MR) is 44.7 cm³/mol. The number of aryl methyl sites for hydroxylation is 1. The highest BCUT2D eigenvalue weighted by Gasteiger charge is 2.23. The van der Waals surface area contributed by atoms with Crippen LogP contribution in [-0.4, -0.2) is 19.9 Å². The number of halogens is 1. The minimum Gasteiger partial charge on any atom is -0.273 e. The van der Waals surface area contributed by atoms with Gasteiger partial charge in [0.05, 0.1) is 4.92 Å². The van der Waals surface area contributed by atoms with Crippen LogP contribution < -0.4 is 0 Å². The molecule has 1 rings (SSSR count). The van der Waals surface area contributed by atoms with E-state index in [-0.39, 0.29) is 11.4 Å². The van der Waals surface area contributed by atoms with Crippen molar-refractivity contribution in [3.05, 3.63) is 22.0 Å². The molecule has 0 saturated heterocycles. The van der Waals surface area contributed by atoms with Crippen molar-refractivity contribution in [2.75, 3.05) is 0 Å². The van der Waals surface area contributed by atoms with Crippen LogP contribution in [0.5, 0.6) is 0 Å². The van der Waals surface area contributed by atoms with E-state index in [9.17, 15) is 14.9 Å². The molecule has 13 heavy (non-hydrogen) atoms. The molecule has 0 saturated carbocycles. The summed E-state index contributed by atoms with van der Waals surface area (Å²) in [4.78, 5) is 20.4. The fraction of sp³-hybridized carbons (Fsp3) is 0.333. The summed E-state index contributed by atoms with van der Waals surface area (Å²) in [6, 6.07) is 0. The van der Waals surface area contributed by atoms with Gasteiger partial charge in [-0.15, -0.1) is 0 Å². The van der Waals surface area contributed by atoms with Crippen molar-refractivity contribution in [3.8, 4) is 0 Å². The van der Waals surface area contributed by atoms with Crippen LogP contribution in [0.25, 0.3) is 0 Å². The van der Waals surface area contributed by atoms with Gasteiger partial charge in [-0.2, -0.15) is 5.10 Å². The SMILES string of the molecule is CCn1cc([N+](=O)[O-])c(C(=O)Cl)n1. The first-order chi connectivity index (χ1) is 6.06. The van der Waals surface area contributed by atoms with Gasteiger partial charge >= 0.3 is 5.69 Å². The summed E-state index contributed by atoms with van der Waals surface area (Å²) in [5.41, 5.74) is -0.671. The maximum Gasteiger partial charge on any atom is 0.319 e. The molecule has 0 unspecified atom stereocenters. The Bertz CT molecular complexity index is 329. The molecule has 1 aromatic rings. The quantitative estimate of drug-likeness (QED) is 0.420. The summed E-state index contributed by atoms with van der Waals surface area (Å²) >= 11 is 5.10. The molecule has 1 aromatic heterocycles. The Labute approximate surface area is 78.3 Å². The summed E-state index contributed by atoms with van der Waals surface area (Å²) in [5.74, 6) is 0. The van der Waals surface area contributed by atoms with Gasteiger partial charge in [0.15, 0.2) is 0 Å². The van der Waals surface area contributed by atoms with Crippen molar-refractivity contribution >= 4 is 22.5 Å². The van der Waals surface area contributed by atoms with Crippen molar-refractivity contribution in [2.45, 2.75) is 13.5 Å². The zero-order chi connectivity index (χ0) is 10.0. The van der Waals surface area contributed by atoms with Crippen LogP contribution in [0.15, 0.2) is 6.20 Å². The van der Waals surface area contributed by atoms with Gasteiger partial charge in [0.2, 0.25) is 5.69 Å². The van der Waals surface area contributed by atoms with E-state index in [1.165, 1.54) is 10.9 Å². The third kappa shape index (κ3) is 1.83. The summed E-state index contributed by atoms with van der Waals surface area (Å²) in [6.45, 7) is 2.20. The van der Waals surface area contributed by atoms with Crippen LogP contribution in [0.3, 0.4) is 0 Å². The lowest BCUT2D eigenvalue weighted by Crippen LogP contribution is -1.98. The molecular formula is C6H6ClN3O3. The maximum absolute atomic E-state index is 10.7. The minimum atomic E-state index is -0.918. The van der Waals surface area contributed by atoms with Crippen LogP contribution in [0, 0.1) is 10.1 Å². The first-order valence-corrected chi connectivity index (χ1v) is 3.85. The number of nitrogens with zero attached hydrogens (tertiary/aromatic N) is 3. The average molecular weight is 204 g/mol. The smallest absolute Gasteiger partial charge is 0.273 e. The Balaban J connectivity index is 3.23. The van der Waals surface area contributed by atoms with Crippen LogP contribution in [0.4, 0.5) is 5.69 Å². The van der Waals surface area contributed by atoms with Crippen molar-refractivity contribution in [3.63, 3.8) is 0 Å². The van der Waals surface area contributed by atoms with E-state index in [2.05, 4.69) is 5.10 Å². The summed E-state index contributed by atoms with van der Waals surface area (Å²) in [5, 5.41) is 13.1. The van der Waals surface area contributed by atoms with Gasteiger partial charge in [-0.25, -0.2) is 0 Å². The van der Waals surface area contributed by atoms with E-state index in [1.54, 1.807) is 6.92 Å². The van der Waals surface area contributed by atoms with E-state index in [0.717, 1.165) is 0 Å². The first-order valence-electron chi connectivity index (χ1n) is 3.48. The van der Waals surface area contributed by atoms with Crippen LogP contribution in [-0.2, 0) is 6.54 Å². The molecule has 0 bridgehead atoms. The Hall–Kier alpha value is -1.43. The standard InChI is InChI=1S/C6H6ClN3O3/c1-2-9-3-4(10(12)13)5(8-9)6(7)11/h3H,2H2,1H3. The minimum absolute atomic E-state index is 0.312. The number of hydrogen-bond donors (Lipinski definition) is 0. The molecule has 1 heterocycles. The normalized spacial score (nSPS) is 10.0. The van der Waals surface area contributed by atoms with E-state index in [0.29, 0.717) is 6.54 Å². The topological polar surface area (TPSA) is 78.0 Å². The van der Waals surface area contributed by atoms with Gasteiger partial charge in [0, 0.05) is 6.54 Å². The highest BCUT2D eigenvalue weighted by molar-refractivity contribution is 6.67. The molecule has 0 N–H and O–H groups in total. The zero-order valence-electron chi connectivity index (χ0n) is 6.73. The summed E-state index contributed by atoms with van der Waals surface area (Å²) in [7, 11) is 0. The lowest BCUT2D eigenvalue weighted by atomic mass is 10.4. The number of hydrogen-bond acceptors (Lipinski definition) is 4. The summed E-state index contributed by atoms with van der Waals surface area (Å²) in [6.07, 6.45) is 1.18. The second kappa shape index (κ2) is 3.53.